The van der Waals surface area contributed by atoms with Crippen LogP contribution in [0.25, 0.3) is 0 Å². The highest BCUT2D eigenvalue weighted by molar-refractivity contribution is 6.32. The Hall–Kier alpha value is -1.91. The molecule has 1 N–H and O–H groups in total. The van der Waals surface area contributed by atoms with E-state index in [2.05, 4.69) is 45.5 Å². The molecule has 1 atom stereocenters. The van der Waals surface area contributed by atoms with Crippen molar-refractivity contribution in [3.63, 3.8) is 0 Å². The second kappa shape index (κ2) is 8.45. The molecule has 1 unspecified atom stereocenters. The summed E-state index contributed by atoms with van der Waals surface area (Å²) in [6.07, 6.45) is 4.99. The SMILES string of the molecule is CC(C(=O)Nc1cccnc1Cl)N1CCC(Cc2ccccc2)CC1. The molecule has 5 heteroatoms. The Labute approximate surface area is 154 Å². The Morgan fingerprint density at radius 3 is 2.64 bits per heavy atom. The predicted molar refractivity (Wildman–Crippen MR) is 102 cm³/mol. The minimum Gasteiger partial charge on any atom is -0.322 e. The fourth-order valence-corrected chi connectivity index (χ4v) is 3.54. The van der Waals surface area contributed by atoms with Gasteiger partial charge in [0.05, 0.1) is 11.7 Å². The lowest BCUT2D eigenvalue weighted by molar-refractivity contribution is -0.121. The van der Waals surface area contributed by atoms with Gasteiger partial charge >= 0.3 is 0 Å². The number of rotatable bonds is 5. The van der Waals surface area contributed by atoms with Gasteiger partial charge in [-0.05, 0) is 62.9 Å². The first-order chi connectivity index (χ1) is 12.1. The largest absolute Gasteiger partial charge is 0.322 e. The van der Waals surface area contributed by atoms with Crippen LogP contribution in [0.2, 0.25) is 5.15 Å². The Morgan fingerprint density at radius 1 is 1.24 bits per heavy atom. The first kappa shape index (κ1) is 17.9. The summed E-state index contributed by atoms with van der Waals surface area (Å²) < 4.78 is 0. The number of hydrogen-bond acceptors (Lipinski definition) is 3. The summed E-state index contributed by atoms with van der Waals surface area (Å²) in [4.78, 5) is 18.7. The van der Waals surface area contributed by atoms with E-state index in [1.54, 1.807) is 18.3 Å². The van der Waals surface area contributed by atoms with Crippen LogP contribution in [0.1, 0.15) is 25.3 Å². The number of piperidine rings is 1. The summed E-state index contributed by atoms with van der Waals surface area (Å²) in [5.41, 5.74) is 1.97. The van der Waals surface area contributed by atoms with Gasteiger partial charge in [0.1, 0.15) is 0 Å². The number of nitrogens with zero attached hydrogens (tertiary/aromatic N) is 2. The number of carbonyl (C=O) groups excluding carboxylic acids is 1. The lowest BCUT2D eigenvalue weighted by atomic mass is 9.89. The van der Waals surface area contributed by atoms with Crippen molar-refractivity contribution in [1.29, 1.82) is 0 Å². The molecule has 4 nitrogen and oxygen atoms in total. The topological polar surface area (TPSA) is 45.2 Å². The second-order valence-electron chi connectivity index (χ2n) is 6.68. The maximum Gasteiger partial charge on any atom is 0.241 e. The molecule has 3 rings (SSSR count). The normalized spacial score (nSPS) is 17.2. The molecular formula is C20H24ClN3O. The Morgan fingerprint density at radius 2 is 1.96 bits per heavy atom. The van der Waals surface area contributed by atoms with Gasteiger partial charge in [-0.1, -0.05) is 41.9 Å². The first-order valence-electron chi connectivity index (χ1n) is 8.83. The molecule has 25 heavy (non-hydrogen) atoms. The molecule has 1 aromatic heterocycles. The van der Waals surface area contributed by atoms with Crippen molar-refractivity contribution in [3.05, 3.63) is 59.4 Å². The molecule has 0 spiro atoms. The van der Waals surface area contributed by atoms with Crippen molar-refractivity contribution >= 4 is 23.2 Å². The average Bonchev–Trinajstić information content (AvgIpc) is 2.64. The third kappa shape index (κ3) is 4.80. The number of halogens is 1. The number of carbonyl (C=O) groups is 1. The number of benzene rings is 1. The van der Waals surface area contributed by atoms with Crippen LogP contribution < -0.4 is 5.32 Å². The molecule has 0 aliphatic carbocycles. The third-order valence-corrected chi connectivity index (χ3v) is 5.26. The van der Waals surface area contributed by atoms with E-state index in [-0.39, 0.29) is 11.9 Å². The molecular weight excluding hydrogens is 334 g/mol. The number of anilines is 1. The summed E-state index contributed by atoms with van der Waals surface area (Å²) in [5, 5.41) is 3.21. The zero-order valence-corrected chi connectivity index (χ0v) is 15.2. The van der Waals surface area contributed by atoms with Crippen LogP contribution in [0, 0.1) is 5.92 Å². The van der Waals surface area contributed by atoms with E-state index in [4.69, 9.17) is 11.6 Å². The molecule has 1 fully saturated rings. The number of hydrogen-bond donors (Lipinski definition) is 1. The second-order valence-corrected chi connectivity index (χ2v) is 7.03. The van der Waals surface area contributed by atoms with Crippen molar-refractivity contribution in [2.24, 2.45) is 5.92 Å². The molecule has 1 saturated heterocycles. The van der Waals surface area contributed by atoms with Gasteiger partial charge in [-0.15, -0.1) is 0 Å². The summed E-state index contributed by atoms with van der Waals surface area (Å²) in [6.45, 7) is 3.86. The van der Waals surface area contributed by atoms with Crippen molar-refractivity contribution in [2.75, 3.05) is 18.4 Å². The van der Waals surface area contributed by atoms with Crippen molar-refractivity contribution in [3.8, 4) is 0 Å². The highest BCUT2D eigenvalue weighted by Crippen LogP contribution is 2.24. The summed E-state index contributed by atoms with van der Waals surface area (Å²) in [6, 6.07) is 14.0. The van der Waals surface area contributed by atoms with E-state index >= 15 is 0 Å². The Balaban J connectivity index is 1.50. The van der Waals surface area contributed by atoms with Gasteiger partial charge in [0, 0.05) is 6.20 Å². The van der Waals surface area contributed by atoms with Crippen LogP contribution in [0.15, 0.2) is 48.7 Å². The zero-order valence-electron chi connectivity index (χ0n) is 14.5. The van der Waals surface area contributed by atoms with Crippen LogP contribution in [0.5, 0.6) is 0 Å². The van der Waals surface area contributed by atoms with Crippen LogP contribution >= 0.6 is 11.6 Å². The molecule has 132 valence electrons. The van der Waals surface area contributed by atoms with E-state index in [0.29, 0.717) is 16.8 Å². The summed E-state index contributed by atoms with van der Waals surface area (Å²) >= 11 is 6.02. The molecule has 1 aliphatic heterocycles. The van der Waals surface area contributed by atoms with Gasteiger partial charge in [0.25, 0.3) is 0 Å². The lowest BCUT2D eigenvalue weighted by Gasteiger charge is -2.35. The van der Waals surface area contributed by atoms with Gasteiger partial charge in [-0.3, -0.25) is 9.69 Å². The standard InChI is InChI=1S/C20H24ClN3O/c1-15(20(25)23-18-8-5-11-22-19(18)21)24-12-9-17(10-13-24)14-16-6-3-2-4-7-16/h2-8,11,15,17H,9-10,12-14H2,1H3,(H,23,25). The van der Waals surface area contributed by atoms with Gasteiger partial charge in [0.15, 0.2) is 5.15 Å². The van der Waals surface area contributed by atoms with E-state index < -0.39 is 0 Å². The van der Waals surface area contributed by atoms with E-state index in [0.717, 1.165) is 32.4 Å². The zero-order chi connectivity index (χ0) is 17.6. The monoisotopic (exact) mass is 357 g/mol. The molecule has 0 bridgehead atoms. The Bertz CT molecular complexity index is 699. The van der Waals surface area contributed by atoms with Gasteiger partial charge in [-0.25, -0.2) is 4.98 Å². The maximum atomic E-state index is 12.5. The Kier molecular flexibility index (Phi) is 6.05. The summed E-state index contributed by atoms with van der Waals surface area (Å²) in [7, 11) is 0. The van der Waals surface area contributed by atoms with Crippen LogP contribution in [0.4, 0.5) is 5.69 Å². The van der Waals surface area contributed by atoms with Crippen molar-refractivity contribution in [1.82, 2.24) is 9.88 Å². The quantitative estimate of drug-likeness (QED) is 0.822. The fourth-order valence-electron chi connectivity index (χ4n) is 3.37. The minimum absolute atomic E-state index is 0.0311. The van der Waals surface area contributed by atoms with E-state index in [9.17, 15) is 4.79 Å². The third-order valence-electron chi connectivity index (χ3n) is 4.96. The molecule has 2 heterocycles. The maximum absolute atomic E-state index is 12.5. The first-order valence-corrected chi connectivity index (χ1v) is 9.20. The molecule has 0 saturated carbocycles. The van der Waals surface area contributed by atoms with Crippen LogP contribution in [-0.4, -0.2) is 34.9 Å². The lowest BCUT2D eigenvalue weighted by Crippen LogP contribution is -2.46. The molecule has 2 aromatic rings. The molecule has 0 radical (unpaired) electrons. The van der Waals surface area contributed by atoms with Gasteiger partial charge < -0.3 is 5.32 Å². The minimum atomic E-state index is -0.172. The van der Waals surface area contributed by atoms with Gasteiger partial charge in [0.2, 0.25) is 5.91 Å². The predicted octanol–water partition coefficient (Wildman–Crippen LogP) is 4.02. The average molecular weight is 358 g/mol. The van der Waals surface area contributed by atoms with Gasteiger partial charge in [-0.2, -0.15) is 0 Å². The fraction of sp³-hybridized carbons (Fsp3) is 0.400. The number of amides is 1. The molecule has 1 aromatic carbocycles. The van der Waals surface area contributed by atoms with Crippen molar-refractivity contribution < 1.29 is 4.79 Å². The van der Waals surface area contributed by atoms with E-state index in [1.165, 1.54) is 5.56 Å². The summed E-state index contributed by atoms with van der Waals surface area (Å²) in [5.74, 6) is 0.665. The smallest absolute Gasteiger partial charge is 0.241 e. The molecule has 1 amide bonds. The van der Waals surface area contributed by atoms with E-state index in [1.807, 2.05) is 6.92 Å². The highest BCUT2D eigenvalue weighted by atomic mass is 35.5. The number of likely N-dealkylation sites (tertiary alicyclic amines) is 1. The molecule has 1 aliphatic rings. The number of nitrogens with one attached hydrogen (secondary N) is 1. The van der Waals surface area contributed by atoms with Crippen LogP contribution in [0.3, 0.4) is 0 Å². The van der Waals surface area contributed by atoms with Crippen molar-refractivity contribution in [2.45, 2.75) is 32.2 Å². The number of aromatic nitrogens is 1. The van der Waals surface area contributed by atoms with Crippen LogP contribution in [-0.2, 0) is 11.2 Å². The number of pyridine rings is 1. The highest BCUT2D eigenvalue weighted by Gasteiger charge is 2.27.